The zero-order valence-corrected chi connectivity index (χ0v) is 19.2. The number of para-hydroxylation sites is 1. The number of methoxy groups -OCH3 is 1. The molecule has 0 saturated carbocycles. The summed E-state index contributed by atoms with van der Waals surface area (Å²) in [6.07, 6.45) is 0. The number of carbonyl (C=O) groups excluding carboxylic acids is 2. The minimum Gasteiger partial charge on any atom is -0.495 e. The molecule has 3 N–H and O–H groups in total. The number of ether oxygens (including phenoxy) is 1. The number of nitrogens with one attached hydrogen (secondary N) is 3. The van der Waals surface area contributed by atoms with Gasteiger partial charge in [-0.2, -0.15) is 0 Å². The van der Waals surface area contributed by atoms with Crippen molar-refractivity contribution in [3.05, 3.63) is 65.2 Å². The molecule has 0 atom stereocenters. The smallest absolute Gasteiger partial charge is 0.243 e. The summed E-state index contributed by atoms with van der Waals surface area (Å²) in [5.74, 6) is 0.0128. The first-order valence-electron chi connectivity index (χ1n) is 10.7. The van der Waals surface area contributed by atoms with E-state index in [1.54, 1.807) is 7.11 Å². The quantitative estimate of drug-likeness (QED) is 0.384. The Morgan fingerprint density at radius 3 is 2.33 bits per heavy atom. The Balaban J connectivity index is 1.37. The van der Waals surface area contributed by atoms with E-state index in [0.29, 0.717) is 17.0 Å². The molecular weight excluding hydrogens is 418 g/mol. The van der Waals surface area contributed by atoms with Crippen LogP contribution in [0.2, 0.25) is 0 Å². The van der Waals surface area contributed by atoms with Crippen LogP contribution in [-0.2, 0) is 9.59 Å². The molecule has 0 bridgehead atoms. The van der Waals surface area contributed by atoms with Crippen molar-refractivity contribution in [3.8, 4) is 5.75 Å². The molecule has 7 nitrogen and oxygen atoms in total. The average molecular weight is 446 g/mol. The monoisotopic (exact) mass is 445 g/mol. The van der Waals surface area contributed by atoms with E-state index < -0.39 is 0 Å². The van der Waals surface area contributed by atoms with Crippen LogP contribution in [0, 0.1) is 20.8 Å². The number of hydrogen-bond donors (Lipinski definition) is 3. The minimum atomic E-state index is -0.311. The number of carbonyl (C=O) groups is 2. The number of rotatable bonds is 7. The van der Waals surface area contributed by atoms with Crippen molar-refractivity contribution in [1.29, 1.82) is 0 Å². The van der Waals surface area contributed by atoms with Gasteiger partial charge in [0.05, 0.1) is 25.9 Å². The summed E-state index contributed by atoms with van der Waals surface area (Å²) < 4.78 is 11.4. The van der Waals surface area contributed by atoms with Crippen molar-refractivity contribution < 1.29 is 18.7 Å². The fourth-order valence-electron chi connectivity index (χ4n) is 4.04. The van der Waals surface area contributed by atoms with Gasteiger partial charge in [-0.1, -0.05) is 35.9 Å². The molecular formula is C26H27N3O4. The second-order valence-corrected chi connectivity index (χ2v) is 8.10. The van der Waals surface area contributed by atoms with Gasteiger partial charge in [0.2, 0.25) is 11.8 Å². The first kappa shape index (κ1) is 22.2. The molecule has 0 aliphatic carbocycles. The number of amides is 2. The van der Waals surface area contributed by atoms with Gasteiger partial charge in [0, 0.05) is 22.5 Å². The predicted molar refractivity (Wildman–Crippen MR) is 131 cm³/mol. The number of fused-ring (bicyclic) bond motifs is 3. The Morgan fingerprint density at radius 2 is 1.61 bits per heavy atom. The van der Waals surface area contributed by atoms with E-state index in [9.17, 15) is 9.59 Å². The molecule has 33 heavy (non-hydrogen) atoms. The molecule has 0 aliphatic rings. The van der Waals surface area contributed by atoms with Crippen LogP contribution in [-0.4, -0.2) is 32.0 Å². The topological polar surface area (TPSA) is 92.6 Å². The zero-order chi connectivity index (χ0) is 23.5. The molecule has 0 aliphatic heterocycles. The van der Waals surface area contributed by atoms with Gasteiger partial charge in [0.15, 0.2) is 0 Å². The van der Waals surface area contributed by atoms with Gasteiger partial charge in [-0.05, 0) is 44.0 Å². The molecule has 1 heterocycles. The van der Waals surface area contributed by atoms with E-state index in [-0.39, 0.29) is 24.9 Å². The molecule has 4 rings (SSSR count). The van der Waals surface area contributed by atoms with Crippen molar-refractivity contribution in [2.24, 2.45) is 0 Å². The van der Waals surface area contributed by atoms with E-state index >= 15 is 0 Å². The summed E-state index contributed by atoms with van der Waals surface area (Å²) in [6.45, 7) is 5.78. The van der Waals surface area contributed by atoms with Gasteiger partial charge in [0.25, 0.3) is 0 Å². The summed E-state index contributed by atoms with van der Waals surface area (Å²) in [5.41, 5.74) is 6.01. The van der Waals surface area contributed by atoms with Crippen LogP contribution < -0.4 is 20.7 Å². The normalized spacial score (nSPS) is 10.9. The lowest BCUT2D eigenvalue weighted by Crippen LogP contribution is -2.36. The molecule has 0 radical (unpaired) electrons. The highest BCUT2D eigenvalue weighted by atomic mass is 16.5. The molecule has 2 amide bonds. The molecule has 1 aromatic heterocycles. The fourth-order valence-corrected chi connectivity index (χ4v) is 4.04. The van der Waals surface area contributed by atoms with Gasteiger partial charge in [-0.25, -0.2) is 0 Å². The lowest BCUT2D eigenvalue weighted by molar-refractivity contribution is -0.122. The first-order valence-corrected chi connectivity index (χ1v) is 10.7. The van der Waals surface area contributed by atoms with Gasteiger partial charge in [-0.3, -0.25) is 9.59 Å². The van der Waals surface area contributed by atoms with Gasteiger partial charge >= 0.3 is 0 Å². The van der Waals surface area contributed by atoms with Gasteiger partial charge in [-0.15, -0.1) is 0 Å². The Morgan fingerprint density at radius 1 is 0.879 bits per heavy atom. The Labute approximate surface area is 192 Å². The second-order valence-electron chi connectivity index (χ2n) is 8.10. The Bertz CT molecular complexity index is 1330. The van der Waals surface area contributed by atoms with Crippen LogP contribution >= 0.6 is 0 Å². The first-order chi connectivity index (χ1) is 15.9. The van der Waals surface area contributed by atoms with Gasteiger partial charge < -0.3 is 25.1 Å². The predicted octanol–water partition coefficient (Wildman–Crippen LogP) is 4.69. The average Bonchev–Trinajstić information content (AvgIpc) is 3.15. The van der Waals surface area contributed by atoms with Crippen LogP contribution in [0.1, 0.15) is 16.7 Å². The van der Waals surface area contributed by atoms with E-state index in [0.717, 1.165) is 38.7 Å². The molecule has 7 heteroatoms. The summed E-state index contributed by atoms with van der Waals surface area (Å²) in [6, 6.07) is 15.5. The number of furan rings is 1. The lowest BCUT2D eigenvalue weighted by Gasteiger charge is -2.14. The standard InChI is InChI=1S/C26H27N3O4/c1-15-9-16(2)26(17(3)10-15)29-25(31)14-28-24(30)13-27-20-12-22-19(11-23(20)32-4)18-7-5-6-8-21(18)33-22/h5-12,27H,13-14H2,1-4H3,(H,28,30)(H,29,31). The van der Waals surface area contributed by atoms with Crippen LogP contribution in [0.3, 0.4) is 0 Å². The Hall–Kier alpha value is -4.00. The van der Waals surface area contributed by atoms with Crippen LogP contribution in [0.25, 0.3) is 21.9 Å². The SMILES string of the molecule is COc1cc2c(cc1NCC(=O)NCC(=O)Nc1c(C)cc(C)cc1C)oc1ccccc12. The van der Waals surface area contributed by atoms with Crippen LogP contribution in [0.5, 0.6) is 5.75 Å². The highest BCUT2D eigenvalue weighted by molar-refractivity contribution is 6.06. The maximum absolute atomic E-state index is 12.3. The van der Waals surface area contributed by atoms with Crippen LogP contribution in [0.4, 0.5) is 11.4 Å². The molecule has 0 spiro atoms. The zero-order valence-electron chi connectivity index (χ0n) is 19.2. The number of aryl methyl sites for hydroxylation is 3. The third kappa shape index (κ3) is 4.77. The Kier molecular flexibility index (Phi) is 6.22. The number of anilines is 2. The number of benzene rings is 3. The molecule has 0 unspecified atom stereocenters. The number of hydrogen-bond acceptors (Lipinski definition) is 5. The molecule has 4 aromatic rings. The maximum Gasteiger partial charge on any atom is 0.243 e. The summed E-state index contributed by atoms with van der Waals surface area (Å²) >= 11 is 0. The summed E-state index contributed by atoms with van der Waals surface area (Å²) in [7, 11) is 1.58. The lowest BCUT2D eigenvalue weighted by atomic mass is 10.1. The van der Waals surface area contributed by atoms with Crippen molar-refractivity contribution >= 4 is 45.1 Å². The van der Waals surface area contributed by atoms with Crippen LogP contribution in [0.15, 0.2) is 52.9 Å². The molecule has 3 aromatic carbocycles. The third-order valence-corrected chi connectivity index (χ3v) is 5.53. The van der Waals surface area contributed by atoms with E-state index in [1.807, 2.05) is 69.3 Å². The van der Waals surface area contributed by atoms with Crippen molar-refractivity contribution in [2.75, 3.05) is 30.8 Å². The minimum absolute atomic E-state index is 0.0159. The second kappa shape index (κ2) is 9.24. The van der Waals surface area contributed by atoms with Crippen molar-refractivity contribution in [1.82, 2.24) is 5.32 Å². The summed E-state index contributed by atoms with van der Waals surface area (Å²) in [5, 5.41) is 10.5. The highest BCUT2D eigenvalue weighted by Gasteiger charge is 2.14. The maximum atomic E-state index is 12.3. The van der Waals surface area contributed by atoms with Gasteiger partial charge in [0.1, 0.15) is 16.9 Å². The van der Waals surface area contributed by atoms with E-state index in [1.165, 1.54) is 0 Å². The van der Waals surface area contributed by atoms with E-state index in [2.05, 4.69) is 16.0 Å². The largest absolute Gasteiger partial charge is 0.495 e. The van der Waals surface area contributed by atoms with Crippen molar-refractivity contribution in [3.63, 3.8) is 0 Å². The molecule has 0 fully saturated rings. The van der Waals surface area contributed by atoms with Crippen molar-refractivity contribution in [2.45, 2.75) is 20.8 Å². The highest BCUT2D eigenvalue weighted by Crippen LogP contribution is 2.36. The van der Waals surface area contributed by atoms with E-state index in [4.69, 9.17) is 9.15 Å². The third-order valence-electron chi connectivity index (χ3n) is 5.53. The molecule has 170 valence electrons. The molecule has 0 saturated heterocycles. The summed E-state index contributed by atoms with van der Waals surface area (Å²) in [4.78, 5) is 24.7. The fraction of sp³-hybridized carbons (Fsp3) is 0.231.